The van der Waals surface area contributed by atoms with Gasteiger partial charge >= 0.3 is 0 Å². The SMILES string of the molecule is C=C(C)C1(O)CCC(C)C1. The third kappa shape index (κ3) is 1.24. The monoisotopic (exact) mass is 140 g/mol. The summed E-state index contributed by atoms with van der Waals surface area (Å²) in [5, 5.41) is 9.84. The Kier molecular flexibility index (Phi) is 1.86. The summed E-state index contributed by atoms with van der Waals surface area (Å²) < 4.78 is 0. The van der Waals surface area contributed by atoms with E-state index in [-0.39, 0.29) is 0 Å². The molecule has 0 amide bonds. The maximum absolute atomic E-state index is 9.84. The molecule has 0 aliphatic heterocycles. The lowest BCUT2D eigenvalue weighted by Crippen LogP contribution is -2.25. The maximum atomic E-state index is 9.84. The molecule has 2 atom stereocenters. The van der Waals surface area contributed by atoms with Crippen LogP contribution in [0.2, 0.25) is 0 Å². The fourth-order valence-corrected chi connectivity index (χ4v) is 1.65. The van der Waals surface area contributed by atoms with Crippen LogP contribution in [0.4, 0.5) is 0 Å². The van der Waals surface area contributed by atoms with Gasteiger partial charge in [-0.1, -0.05) is 13.5 Å². The molecule has 0 spiro atoms. The van der Waals surface area contributed by atoms with Crippen LogP contribution in [0.3, 0.4) is 0 Å². The van der Waals surface area contributed by atoms with Crippen molar-refractivity contribution >= 4 is 0 Å². The largest absolute Gasteiger partial charge is 0.386 e. The van der Waals surface area contributed by atoms with Crippen molar-refractivity contribution in [2.24, 2.45) is 5.92 Å². The normalized spacial score (nSPS) is 40.1. The predicted octanol–water partition coefficient (Wildman–Crippen LogP) is 2.11. The Morgan fingerprint density at radius 2 is 2.30 bits per heavy atom. The number of rotatable bonds is 1. The smallest absolute Gasteiger partial charge is 0.0854 e. The van der Waals surface area contributed by atoms with E-state index in [1.165, 1.54) is 0 Å². The van der Waals surface area contributed by atoms with Crippen molar-refractivity contribution in [3.8, 4) is 0 Å². The Bertz CT molecular complexity index is 151. The van der Waals surface area contributed by atoms with Crippen molar-refractivity contribution in [1.29, 1.82) is 0 Å². The van der Waals surface area contributed by atoms with E-state index < -0.39 is 5.60 Å². The average molecular weight is 140 g/mol. The zero-order chi connectivity index (χ0) is 7.78. The van der Waals surface area contributed by atoms with E-state index in [9.17, 15) is 5.11 Å². The molecular weight excluding hydrogens is 124 g/mol. The van der Waals surface area contributed by atoms with Crippen molar-refractivity contribution in [3.63, 3.8) is 0 Å². The first-order chi connectivity index (χ1) is 4.54. The minimum Gasteiger partial charge on any atom is -0.386 e. The fourth-order valence-electron chi connectivity index (χ4n) is 1.65. The standard InChI is InChI=1S/C9H16O/c1-7(2)9(10)5-4-8(3)6-9/h8,10H,1,4-6H2,2-3H3. The molecule has 0 aromatic heterocycles. The van der Waals surface area contributed by atoms with Gasteiger partial charge in [-0.05, 0) is 37.7 Å². The Hall–Kier alpha value is -0.300. The molecule has 10 heavy (non-hydrogen) atoms. The van der Waals surface area contributed by atoms with Crippen molar-refractivity contribution < 1.29 is 5.11 Å². The lowest BCUT2D eigenvalue weighted by Gasteiger charge is -2.22. The zero-order valence-corrected chi connectivity index (χ0v) is 6.85. The van der Waals surface area contributed by atoms with E-state index >= 15 is 0 Å². The highest BCUT2D eigenvalue weighted by Crippen LogP contribution is 2.38. The summed E-state index contributed by atoms with van der Waals surface area (Å²) in [4.78, 5) is 0. The van der Waals surface area contributed by atoms with Crippen LogP contribution in [0.1, 0.15) is 33.1 Å². The summed E-state index contributed by atoms with van der Waals surface area (Å²) in [6.07, 6.45) is 2.95. The molecule has 1 aliphatic rings. The molecular formula is C9H16O. The average Bonchev–Trinajstić information content (AvgIpc) is 2.13. The molecule has 2 unspecified atom stereocenters. The van der Waals surface area contributed by atoms with Crippen LogP contribution in [-0.4, -0.2) is 10.7 Å². The van der Waals surface area contributed by atoms with Gasteiger partial charge in [0.15, 0.2) is 0 Å². The van der Waals surface area contributed by atoms with Crippen LogP contribution in [0, 0.1) is 5.92 Å². The highest BCUT2D eigenvalue weighted by atomic mass is 16.3. The Morgan fingerprint density at radius 1 is 1.70 bits per heavy atom. The van der Waals surface area contributed by atoms with Gasteiger partial charge in [0.05, 0.1) is 5.60 Å². The van der Waals surface area contributed by atoms with E-state index in [2.05, 4.69) is 13.5 Å². The van der Waals surface area contributed by atoms with Crippen LogP contribution >= 0.6 is 0 Å². The molecule has 0 aromatic rings. The first kappa shape index (κ1) is 7.80. The summed E-state index contributed by atoms with van der Waals surface area (Å²) in [6, 6.07) is 0. The third-order valence-corrected chi connectivity index (χ3v) is 2.53. The molecule has 0 saturated heterocycles. The van der Waals surface area contributed by atoms with Crippen molar-refractivity contribution in [2.75, 3.05) is 0 Å². The van der Waals surface area contributed by atoms with Crippen LogP contribution in [-0.2, 0) is 0 Å². The second-order valence-corrected chi connectivity index (χ2v) is 3.66. The molecule has 58 valence electrons. The molecule has 0 aromatic carbocycles. The van der Waals surface area contributed by atoms with Gasteiger partial charge in [-0.3, -0.25) is 0 Å². The minimum absolute atomic E-state index is 0.528. The van der Waals surface area contributed by atoms with Gasteiger partial charge in [-0.25, -0.2) is 0 Å². The van der Waals surface area contributed by atoms with Crippen LogP contribution < -0.4 is 0 Å². The van der Waals surface area contributed by atoms with Gasteiger partial charge in [-0.2, -0.15) is 0 Å². The lowest BCUT2D eigenvalue weighted by atomic mass is 9.93. The summed E-state index contributed by atoms with van der Waals surface area (Å²) in [5.74, 6) is 0.668. The fraction of sp³-hybridized carbons (Fsp3) is 0.778. The van der Waals surface area contributed by atoms with Crippen LogP contribution in [0.5, 0.6) is 0 Å². The molecule has 1 saturated carbocycles. The summed E-state index contributed by atoms with van der Waals surface area (Å²) in [5.41, 5.74) is 0.399. The van der Waals surface area contributed by atoms with E-state index in [0.717, 1.165) is 24.8 Å². The van der Waals surface area contributed by atoms with Crippen LogP contribution in [0.25, 0.3) is 0 Å². The van der Waals surface area contributed by atoms with Gasteiger partial charge in [0.2, 0.25) is 0 Å². The number of aliphatic hydroxyl groups is 1. The van der Waals surface area contributed by atoms with Crippen molar-refractivity contribution in [3.05, 3.63) is 12.2 Å². The van der Waals surface area contributed by atoms with Gasteiger partial charge in [-0.15, -0.1) is 0 Å². The van der Waals surface area contributed by atoms with Gasteiger partial charge in [0.25, 0.3) is 0 Å². The molecule has 0 heterocycles. The molecule has 1 rings (SSSR count). The maximum Gasteiger partial charge on any atom is 0.0854 e. The van der Waals surface area contributed by atoms with Crippen LogP contribution in [0.15, 0.2) is 12.2 Å². The summed E-state index contributed by atoms with van der Waals surface area (Å²) in [7, 11) is 0. The van der Waals surface area contributed by atoms with E-state index in [0.29, 0.717) is 5.92 Å². The molecule has 1 aliphatic carbocycles. The first-order valence-electron chi connectivity index (χ1n) is 3.93. The Morgan fingerprint density at radius 3 is 2.50 bits per heavy atom. The number of hydrogen-bond donors (Lipinski definition) is 1. The molecule has 0 bridgehead atoms. The second kappa shape index (κ2) is 2.39. The molecule has 1 heteroatoms. The highest BCUT2D eigenvalue weighted by Gasteiger charge is 2.35. The lowest BCUT2D eigenvalue weighted by molar-refractivity contribution is 0.0830. The van der Waals surface area contributed by atoms with Gasteiger partial charge in [0, 0.05) is 0 Å². The Balaban J connectivity index is 2.63. The quantitative estimate of drug-likeness (QED) is 0.553. The van der Waals surface area contributed by atoms with Crippen molar-refractivity contribution in [2.45, 2.75) is 38.7 Å². The molecule has 1 N–H and O–H groups in total. The Labute approximate surface area is 62.8 Å². The topological polar surface area (TPSA) is 20.2 Å². The zero-order valence-electron chi connectivity index (χ0n) is 6.85. The van der Waals surface area contributed by atoms with E-state index in [1.807, 2.05) is 6.92 Å². The predicted molar refractivity (Wildman–Crippen MR) is 42.8 cm³/mol. The third-order valence-electron chi connectivity index (χ3n) is 2.53. The summed E-state index contributed by atoms with van der Waals surface area (Å²) >= 11 is 0. The highest BCUT2D eigenvalue weighted by molar-refractivity contribution is 5.12. The van der Waals surface area contributed by atoms with E-state index in [4.69, 9.17) is 0 Å². The first-order valence-corrected chi connectivity index (χ1v) is 3.93. The molecule has 0 radical (unpaired) electrons. The second-order valence-electron chi connectivity index (χ2n) is 3.66. The summed E-state index contributed by atoms with van der Waals surface area (Å²) in [6.45, 7) is 7.89. The molecule has 1 fully saturated rings. The number of hydrogen-bond acceptors (Lipinski definition) is 1. The van der Waals surface area contributed by atoms with Gasteiger partial charge in [0.1, 0.15) is 0 Å². The van der Waals surface area contributed by atoms with E-state index in [1.54, 1.807) is 0 Å². The minimum atomic E-state index is -0.528. The van der Waals surface area contributed by atoms with Gasteiger partial charge < -0.3 is 5.11 Å². The van der Waals surface area contributed by atoms with Crippen molar-refractivity contribution in [1.82, 2.24) is 0 Å². The molecule has 1 nitrogen and oxygen atoms in total.